The number of aryl methyl sites for hydroxylation is 1. The number of fused-ring (bicyclic) bond motifs is 1. The van der Waals surface area contributed by atoms with E-state index in [0.29, 0.717) is 0 Å². The second-order valence-corrected chi connectivity index (χ2v) is 5.96. The highest BCUT2D eigenvalue weighted by atomic mass is 16.1. The smallest absolute Gasteiger partial charge is 0.243 e. The van der Waals surface area contributed by atoms with Crippen molar-refractivity contribution in [1.82, 2.24) is 14.9 Å². The summed E-state index contributed by atoms with van der Waals surface area (Å²) in [6.07, 6.45) is 7.49. The molecule has 0 saturated heterocycles. The average Bonchev–Trinajstić information content (AvgIpc) is 2.93. The number of nitrogens with zero attached hydrogens (tertiary/aromatic N) is 2. The van der Waals surface area contributed by atoms with Gasteiger partial charge in [0.1, 0.15) is 5.82 Å². The number of para-hydroxylation sites is 2. The van der Waals surface area contributed by atoms with Crippen LogP contribution in [0.5, 0.6) is 0 Å². The highest BCUT2D eigenvalue weighted by molar-refractivity contribution is 5.87. The van der Waals surface area contributed by atoms with Crippen LogP contribution in [0.2, 0.25) is 0 Å². The molecular formula is C19H27N3O. The van der Waals surface area contributed by atoms with Crippen LogP contribution in [0.25, 0.3) is 11.0 Å². The molecule has 0 bridgehead atoms. The molecule has 1 aromatic carbocycles. The second-order valence-electron chi connectivity index (χ2n) is 5.96. The van der Waals surface area contributed by atoms with Gasteiger partial charge in [-0.15, -0.1) is 0 Å². The molecule has 0 aliphatic carbocycles. The van der Waals surface area contributed by atoms with Crippen LogP contribution >= 0.6 is 0 Å². The number of hydrogen-bond acceptors (Lipinski definition) is 2. The maximum atomic E-state index is 11.6. The quantitative estimate of drug-likeness (QED) is 0.552. The van der Waals surface area contributed by atoms with Gasteiger partial charge in [0.05, 0.1) is 17.1 Å². The van der Waals surface area contributed by atoms with Crippen molar-refractivity contribution in [3.05, 3.63) is 42.7 Å². The lowest BCUT2D eigenvalue weighted by Crippen LogP contribution is -2.27. The molecule has 0 aliphatic rings. The molecule has 1 N–H and O–H groups in total. The van der Waals surface area contributed by atoms with Crippen molar-refractivity contribution in [2.45, 2.75) is 58.5 Å². The van der Waals surface area contributed by atoms with Gasteiger partial charge < -0.3 is 9.88 Å². The molecule has 4 heteroatoms. The summed E-state index contributed by atoms with van der Waals surface area (Å²) in [4.78, 5) is 16.3. The van der Waals surface area contributed by atoms with Crippen LogP contribution in [0, 0.1) is 0 Å². The van der Waals surface area contributed by atoms with E-state index in [1.807, 2.05) is 25.1 Å². The predicted octanol–water partition coefficient (Wildman–Crippen LogP) is 4.37. The van der Waals surface area contributed by atoms with E-state index < -0.39 is 0 Å². The zero-order valence-corrected chi connectivity index (χ0v) is 14.2. The van der Waals surface area contributed by atoms with E-state index in [4.69, 9.17) is 4.98 Å². The van der Waals surface area contributed by atoms with E-state index in [1.54, 1.807) is 0 Å². The summed E-state index contributed by atoms with van der Waals surface area (Å²) >= 11 is 0. The van der Waals surface area contributed by atoms with Crippen LogP contribution < -0.4 is 5.32 Å². The number of unbranched alkanes of at least 4 members (excludes halogenated alkanes) is 4. The van der Waals surface area contributed by atoms with Gasteiger partial charge in [0, 0.05) is 6.54 Å². The Kier molecular flexibility index (Phi) is 6.39. The normalized spacial score (nSPS) is 12.3. The number of rotatable bonds is 9. The summed E-state index contributed by atoms with van der Waals surface area (Å²) < 4.78 is 2.25. The molecule has 23 heavy (non-hydrogen) atoms. The lowest BCUT2D eigenvalue weighted by molar-refractivity contribution is -0.117. The number of aromatic nitrogens is 2. The lowest BCUT2D eigenvalue weighted by Gasteiger charge is -2.15. The van der Waals surface area contributed by atoms with Gasteiger partial charge >= 0.3 is 0 Å². The van der Waals surface area contributed by atoms with Crippen molar-refractivity contribution < 1.29 is 4.79 Å². The van der Waals surface area contributed by atoms with Crippen LogP contribution in [0.15, 0.2) is 36.9 Å². The Morgan fingerprint density at radius 3 is 2.78 bits per heavy atom. The van der Waals surface area contributed by atoms with Gasteiger partial charge in [-0.2, -0.15) is 0 Å². The van der Waals surface area contributed by atoms with Gasteiger partial charge in [-0.05, 0) is 31.6 Å². The Morgan fingerprint density at radius 2 is 2.04 bits per heavy atom. The third-order valence-electron chi connectivity index (χ3n) is 4.10. The van der Waals surface area contributed by atoms with E-state index in [1.165, 1.54) is 31.8 Å². The summed E-state index contributed by atoms with van der Waals surface area (Å²) in [5.74, 6) is 0.746. The molecule has 4 nitrogen and oxygen atoms in total. The number of benzene rings is 1. The van der Waals surface area contributed by atoms with Crippen LogP contribution in [0.3, 0.4) is 0 Å². The summed E-state index contributed by atoms with van der Waals surface area (Å²) in [6, 6.07) is 8.02. The fraction of sp³-hybridized carbons (Fsp3) is 0.474. The predicted molar refractivity (Wildman–Crippen MR) is 95.2 cm³/mol. The molecule has 1 heterocycles. The molecular weight excluding hydrogens is 286 g/mol. The first kappa shape index (κ1) is 17.3. The molecule has 2 rings (SSSR count). The number of carbonyl (C=O) groups is 1. The monoisotopic (exact) mass is 313 g/mol. The van der Waals surface area contributed by atoms with Gasteiger partial charge in [0.25, 0.3) is 0 Å². The summed E-state index contributed by atoms with van der Waals surface area (Å²) in [5.41, 5.74) is 2.12. The zero-order valence-electron chi connectivity index (χ0n) is 14.2. The maximum Gasteiger partial charge on any atom is 0.243 e. The first-order chi connectivity index (χ1) is 11.2. The molecule has 124 valence electrons. The second kappa shape index (κ2) is 8.51. The zero-order chi connectivity index (χ0) is 16.7. The molecule has 1 unspecified atom stereocenters. The summed E-state index contributed by atoms with van der Waals surface area (Å²) in [6.45, 7) is 8.65. The minimum Gasteiger partial charge on any atom is -0.343 e. The van der Waals surface area contributed by atoms with E-state index in [-0.39, 0.29) is 11.9 Å². The highest BCUT2D eigenvalue weighted by Crippen LogP contribution is 2.22. The van der Waals surface area contributed by atoms with Crippen LogP contribution in [0.4, 0.5) is 0 Å². The van der Waals surface area contributed by atoms with Crippen molar-refractivity contribution >= 4 is 16.9 Å². The number of amides is 1. The maximum absolute atomic E-state index is 11.6. The Morgan fingerprint density at radius 1 is 1.30 bits per heavy atom. The Hall–Kier alpha value is -2.10. The number of imidazole rings is 1. The first-order valence-corrected chi connectivity index (χ1v) is 8.55. The highest BCUT2D eigenvalue weighted by Gasteiger charge is 2.17. The van der Waals surface area contributed by atoms with Crippen molar-refractivity contribution in [1.29, 1.82) is 0 Å². The van der Waals surface area contributed by atoms with Crippen molar-refractivity contribution in [2.24, 2.45) is 0 Å². The third-order valence-corrected chi connectivity index (χ3v) is 4.10. The first-order valence-electron chi connectivity index (χ1n) is 8.55. The van der Waals surface area contributed by atoms with E-state index in [2.05, 4.69) is 29.5 Å². The van der Waals surface area contributed by atoms with Gasteiger partial charge in [0.2, 0.25) is 5.91 Å². The third kappa shape index (κ3) is 4.44. The van der Waals surface area contributed by atoms with Crippen LogP contribution in [0.1, 0.15) is 57.8 Å². The SMILES string of the molecule is C=CC(=O)NC(C)c1nc2ccccc2n1CCCCCCC. The molecule has 0 saturated carbocycles. The lowest BCUT2D eigenvalue weighted by atomic mass is 10.1. The molecule has 1 atom stereocenters. The molecule has 0 radical (unpaired) electrons. The molecule has 2 aromatic rings. The largest absolute Gasteiger partial charge is 0.343 e. The summed E-state index contributed by atoms with van der Waals surface area (Å²) in [5, 5.41) is 2.92. The Labute approximate surface area is 138 Å². The van der Waals surface area contributed by atoms with Crippen LogP contribution in [-0.4, -0.2) is 15.5 Å². The topological polar surface area (TPSA) is 46.9 Å². The molecule has 1 amide bonds. The number of hydrogen-bond donors (Lipinski definition) is 1. The molecule has 0 aliphatic heterocycles. The van der Waals surface area contributed by atoms with Crippen LogP contribution in [-0.2, 0) is 11.3 Å². The van der Waals surface area contributed by atoms with Gasteiger partial charge in [-0.1, -0.05) is 51.3 Å². The summed E-state index contributed by atoms with van der Waals surface area (Å²) in [7, 11) is 0. The van der Waals surface area contributed by atoms with E-state index >= 15 is 0 Å². The Balaban J connectivity index is 2.19. The minimum atomic E-state index is -0.168. The minimum absolute atomic E-state index is 0.136. The fourth-order valence-electron chi connectivity index (χ4n) is 2.87. The average molecular weight is 313 g/mol. The Bertz CT molecular complexity index is 660. The van der Waals surface area contributed by atoms with Gasteiger partial charge in [-0.25, -0.2) is 4.98 Å². The molecule has 0 fully saturated rings. The van der Waals surface area contributed by atoms with Crippen molar-refractivity contribution in [2.75, 3.05) is 0 Å². The van der Waals surface area contributed by atoms with Crippen molar-refractivity contribution in [3.8, 4) is 0 Å². The van der Waals surface area contributed by atoms with E-state index in [9.17, 15) is 4.79 Å². The molecule has 1 aromatic heterocycles. The van der Waals surface area contributed by atoms with Crippen molar-refractivity contribution in [3.63, 3.8) is 0 Å². The standard InChI is InChI=1S/C19H27N3O/c1-4-6-7-8-11-14-22-17-13-10-9-12-16(17)21-19(22)15(3)20-18(23)5-2/h5,9-10,12-13,15H,2,4,6-8,11,14H2,1,3H3,(H,20,23). The fourth-order valence-corrected chi connectivity index (χ4v) is 2.87. The van der Waals surface area contributed by atoms with E-state index in [0.717, 1.165) is 29.8 Å². The number of nitrogens with one attached hydrogen (secondary N) is 1. The van der Waals surface area contributed by atoms with Gasteiger partial charge in [0.15, 0.2) is 0 Å². The van der Waals surface area contributed by atoms with Gasteiger partial charge in [-0.3, -0.25) is 4.79 Å². The molecule has 0 spiro atoms. The number of carbonyl (C=O) groups excluding carboxylic acids is 1.